The number of aromatic nitrogens is 1. The van der Waals surface area contributed by atoms with Crippen LogP contribution in [0.1, 0.15) is 41.7 Å². The highest BCUT2D eigenvalue weighted by molar-refractivity contribution is 5.99. The molecule has 4 heteroatoms. The zero-order chi connectivity index (χ0) is 13.6. The summed E-state index contributed by atoms with van der Waals surface area (Å²) in [5.41, 5.74) is 2.52. The van der Waals surface area contributed by atoms with E-state index in [1.165, 1.54) is 0 Å². The highest BCUT2D eigenvalue weighted by Gasteiger charge is 2.29. The summed E-state index contributed by atoms with van der Waals surface area (Å²) in [6.07, 6.45) is 2.11. The molecule has 0 radical (unpaired) electrons. The SMILES string of the molecule is CC(C(=O)O)c1c2n(c3ccccc13)C(=O)CCC2. The number of carboxylic acids is 1. The molecule has 0 aliphatic carbocycles. The Kier molecular flexibility index (Phi) is 2.66. The summed E-state index contributed by atoms with van der Waals surface area (Å²) in [5, 5.41) is 10.2. The molecule has 1 atom stereocenters. The van der Waals surface area contributed by atoms with Crippen molar-refractivity contribution in [3.8, 4) is 0 Å². The molecule has 0 spiro atoms. The fraction of sp³-hybridized carbons (Fsp3) is 0.333. The predicted octanol–water partition coefficient (Wildman–Crippen LogP) is 2.81. The van der Waals surface area contributed by atoms with Gasteiger partial charge >= 0.3 is 5.97 Å². The highest BCUT2D eigenvalue weighted by Crippen LogP contribution is 2.35. The van der Waals surface area contributed by atoms with E-state index in [2.05, 4.69) is 0 Å². The second kappa shape index (κ2) is 4.23. The second-order valence-electron chi connectivity index (χ2n) is 5.02. The average Bonchev–Trinajstić information content (AvgIpc) is 2.73. The molecule has 1 aromatic carbocycles. The third-order valence-electron chi connectivity index (χ3n) is 3.87. The minimum Gasteiger partial charge on any atom is -0.481 e. The number of fused-ring (bicyclic) bond motifs is 3. The first kappa shape index (κ1) is 12.0. The number of carbonyl (C=O) groups is 2. The lowest BCUT2D eigenvalue weighted by Crippen LogP contribution is -2.20. The summed E-state index contributed by atoms with van der Waals surface area (Å²) in [6, 6.07) is 7.56. The maximum atomic E-state index is 12.1. The molecule has 2 heterocycles. The van der Waals surface area contributed by atoms with Crippen molar-refractivity contribution in [3.05, 3.63) is 35.5 Å². The Bertz CT molecular complexity index is 684. The molecule has 2 aromatic rings. The minimum atomic E-state index is -0.850. The minimum absolute atomic E-state index is 0.0706. The number of benzene rings is 1. The number of para-hydroxylation sites is 1. The van der Waals surface area contributed by atoms with Crippen molar-refractivity contribution >= 4 is 22.8 Å². The van der Waals surface area contributed by atoms with Gasteiger partial charge in [0.05, 0.1) is 11.4 Å². The van der Waals surface area contributed by atoms with Crippen LogP contribution in [0.4, 0.5) is 0 Å². The van der Waals surface area contributed by atoms with Crippen molar-refractivity contribution in [1.82, 2.24) is 4.57 Å². The number of carboxylic acid groups (broad SMARTS) is 1. The lowest BCUT2D eigenvalue weighted by Gasteiger charge is -2.17. The van der Waals surface area contributed by atoms with Crippen LogP contribution >= 0.6 is 0 Å². The van der Waals surface area contributed by atoms with Crippen LogP contribution in [0.15, 0.2) is 24.3 Å². The van der Waals surface area contributed by atoms with E-state index in [0.717, 1.165) is 35.0 Å². The summed E-state index contributed by atoms with van der Waals surface area (Å²) >= 11 is 0. The Labute approximate surface area is 110 Å². The molecule has 0 bridgehead atoms. The molecule has 0 saturated heterocycles. The molecule has 1 aromatic heterocycles. The summed E-state index contributed by atoms with van der Waals surface area (Å²) in [5.74, 6) is -1.37. The number of rotatable bonds is 2. The Balaban J connectivity index is 2.38. The Morgan fingerprint density at radius 3 is 2.79 bits per heavy atom. The van der Waals surface area contributed by atoms with Crippen LogP contribution < -0.4 is 0 Å². The van der Waals surface area contributed by atoms with E-state index >= 15 is 0 Å². The maximum absolute atomic E-state index is 12.1. The van der Waals surface area contributed by atoms with Crippen molar-refractivity contribution in [2.75, 3.05) is 0 Å². The Morgan fingerprint density at radius 2 is 2.05 bits per heavy atom. The van der Waals surface area contributed by atoms with Crippen molar-refractivity contribution < 1.29 is 14.7 Å². The van der Waals surface area contributed by atoms with Gasteiger partial charge in [-0.25, -0.2) is 0 Å². The lowest BCUT2D eigenvalue weighted by molar-refractivity contribution is -0.138. The van der Waals surface area contributed by atoms with E-state index in [4.69, 9.17) is 0 Å². The zero-order valence-electron chi connectivity index (χ0n) is 10.7. The molecule has 1 unspecified atom stereocenters. The van der Waals surface area contributed by atoms with Crippen LogP contribution in [0.3, 0.4) is 0 Å². The third-order valence-corrected chi connectivity index (χ3v) is 3.87. The fourth-order valence-electron chi connectivity index (χ4n) is 2.97. The summed E-state index contributed by atoms with van der Waals surface area (Å²) in [4.78, 5) is 23.4. The monoisotopic (exact) mass is 257 g/mol. The standard InChI is InChI=1S/C15H15NO3/c1-9(15(18)19)14-10-5-2-3-6-11(10)16-12(14)7-4-8-13(16)17/h2-3,5-6,9H,4,7-8H2,1H3,(H,18,19). The van der Waals surface area contributed by atoms with Gasteiger partial charge in [0.25, 0.3) is 0 Å². The number of carbonyl (C=O) groups excluding carboxylic acids is 1. The van der Waals surface area contributed by atoms with Crippen molar-refractivity contribution in [1.29, 1.82) is 0 Å². The maximum Gasteiger partial charge on any atom is 0.310 e. The van der Waals surface area contributed by atoms with Gasteiger partial charge in [0.2, 0.25) is 5.91 Å². The largest absolute Gasteiger partial charge is 0.481 e. The number of nitrogens with zero attached hydrogens (tertiary/aromatic N) is 1. The topological polar surface area (TPSA) is 59.3 Å². The summed E-state index contributed by atoms with van der Waals surface area (Å²) < 4.78 is 1.72. The molecule has 19 heavy (non-hydrogen) atoms. The van der Waals surface area contributed by atoms with Gasteiger partial charge in [-0.3, -0.25) is 14.2 Å². The van der Waals surface area contributed by atoms with E-state index in [0.29, 0.717) is 6.42 Å². The van der Waals surface area contributed by atoms with E-state index in [9.17, 15) is 14.7 Å². The molecule has 3 rings (SSSR count). The quantitative estimate of drug-likeness (QED) is 0.899. The van der Waals surface area contributed by atoms with E-state index < -0.39 is 11.9 Å². The van der Waals surface area contributed by atoms with Gasteiger partial charge in [0, 0.05) is 17.5 Å². The number of hydrogen-bond acceptors (Lipinski definition) is 2. The molecular weight excluding hydrogens is 242 g/mol. The van der Waals surface area contributed by atoms with Crippen LogP contribution in [-0.4, -0.2) is 21.6 Å². The van der Waals surface area contributed by atoms with Crippen LogP contribution in [0.25, 0.3) is 10.9 Å². The van der Waals surface area contributed by atoms with Gasteiger partial charge in [0.1, 0.15) is 0 Å². The van der Waals surface area contributed by atoms with E-state index in [1.54, 1.807) is 11.5 Å². The fourth-order valence-corrected chi connectivity index (χ4v) is 2.97. The Morgan fingerprint density at radius 1 is 1.32 bits per heavy atom. The lowest BCUT2D eigenvalue weighted by atomic mass is 9.95. The van der Waals surface area contributed by atoms with Gasteiger partial charge < -0.3 is 5.11 Å². The van der Waals surface area contributed by atoms with Crippen molar-refractivity contribution in [3.63, 3.8) is 0 Å². The van der Waals surface area contributed by atoms with Crippen LogP contribution in [0, 0.1) is 0 Å². The third kappa shape index (κ3) is 1.67. The molecule has 0 fully saturated rings. The molecule has 1 N–H and O–H groups in total. The first-order valence-electron chi connectivity index (χ1n) is 6.49. The smallest absolute Gasteiger partial charge is 0.310 e. The molecule has 98 valence electrons. The van der Waals surface area contributed by atoms with E-state index in [-0.39, 0.29) is 5.91 Å². The van der Waals surface area contributed by atoms with Crippen LogP contribution in [0.5, 0.6) is 0 Å². The second-order valence-corrected chi connectivity index (χ2v) is 5.02. The van der Waals surface area contributed by atoms with Gasteiger partial charge in [0.15, 0.2) is 0 Å². The van der Waals surface area contributed by atoms with Crippen molar-refractivity contribution in [2.24, 2.45) is 0 Å². The zero-order valence-corrected chi connectivity index (χ0v) is 10.7. The van der Waals surface area contributed by atoms with E-state index in [1.807, 2.05) is 24.3 Å². The van der Waals surface area contributed by atoms with Crippen LogP contribution in [-0.2, 0) is 11.2 Å². The Hall–Kier alpha value is -2.10. The normalized spacial score (nSPS) is 16.4. The van der Waals surface area contributed by atoms with Gasteiger partial charge in [-0.05, 0) is 31.4 Å². The number of aliphatic carboxylic acids is 1. The summed E-state index contributed by atoms with van der Waals surface area (Å²) in [6.45, 7) is 1.68. The van der Waals surface area contributed by atoms with Crippen molar-refractivity contribution in [2.45, 2.75) is 32.1 Å². The van der Waals surface area contributed by atoms with Gasteiger partial charge in [-0.15, -0.1) is 0 Å². The molecular formula is C15H15NO3. The molecule has 4 nitrogen and oxygen atoms in total. The average molecular weight is 257 g/mol. The first-order chi connectivity index (χ1) is 9.11. The first-order valence-corrected chi connectivity index (χ1v) is 6.49. The van der Waals surface area contributed by atoms with Crippen LogP contribution in [0.2, 0.25) is 0 Å². The van der Waals surface area contributed by atoms with Gasteiger partial charge in [-0.2, -0.15) is 0 Å². The van der Waals surface area contributed by atoms with Gasteiger partial charge in [-0.1, -0.05) is 18.2 Å². The highest BCUT2D eigenvalue weighted by atomic mass is 16.4. The number of hydrogen-bond donors (Lipinski definition) is 1. The predicted molar refractivity (Wildman–Crippen MR) is 71.6 cm³/mol. The molecule has 0 saturated carbocycles. The molecule has 0 amide bonds. The summed E-state index contributed by atoms with van der Waals surface area (Å²) in [7, 11) is 0. The molecule has 1 aliphatic heterocycles. The molecule has 1 aliphatic rings.